The van der Waals surface area contributed by atoms with Crippen LogP contribution in [0.15, 0.2) is 36.8 Å². The molecule has 25 heavy (non-hydrogen) atoms. The number of nitrogens with zero attached hydrogens (tertiary/aromatic N) is 2. The van der Waals surface area contributed by atoms with Gasteiger partial charge >= 0.3 is 5.97 Å². The van der Waals surface area contributed by atoms with Crippen LogP contribution in [0, 0.1) is 0 Å². The van der Waals surface area contributed by atoms with Crippen LogP contribution in [0.2, 0.25) is 5.02 Å². The molecular weight excluding hydrogens is 352 g/mol. The van der Waals surface area contributed by atoms with E-state index >= 15 is 0 Å². The second-order valence-corrected chi connectivity index (χ2v) is 4.95. The third-order valence-electron chi connectivity index (χ3n) is 2.83. The van der Waals surface area contributed by atoms with E-state index in [9.17, 15) is 14.4 Å². The van der Waals surface area contributed by atoms with E-state index in [1.54, 1.807) is 6.07 Å². The number of halogens is 1. The van der Waals surface area contributed by atoms with Crippen molar-refractivity contribution in [1.29, 1.82) is 0 Å². The number of carbonyl (C=O) groups excluding carboxylic acids is 3. The van der Waals surface area contributed by atoms with Crippen molar-refractivity contribution in [3.63, 3.8) is 0 Å². The summed E-state index contributed by atoms with van der Waals surface area (Å²) >= 11 is 5.83. The minimum absolute atomic E-state index is 0.0389. The van der Waals surface area contributed by atoms with Crippen LogP contribution in [0.5, 0.6) is 5.75 Å². The van der Waals surface area contributed by atoms with Gasteiger partial charge < -0.3 is 9.47 Å². The zero-order chi connectivity index (χ0) is 18.2. The van der Waals surface area contributed by atoms with Crippen LogP contribution >= 0.6 is 11.6 Å². The van der Waals surface area contributed by atoms with E-state index < -0.39 is 24.4 Å². The summed E-state index contributed by atoms with van der Waals surface area (Å²) in [6.45, 7) is -0.609. The number of rotatable bonds is 5. The predicted molar refractivity (Wildman–Crippen MR) is 85.9 cm³/mol. The van der Waals surface area contributed by atoms with E-state index in [-0.39, 0.29) is 17.0 Å². The highest BCUT2D eigenvalue weighted by molar-refractivity contribution is 6.31. The fraction of sp³-hybridized carbons (Fsp3) is 0.133. The highest BCUT2D eigenvalue weighted by Gasteiger charge is 2.15. The molecule has 0 fully saturated rings. The lowest BCUT2D eigenvalue weighted by Crippen LogP contribution is -2.43. The Bertz CT molecular complexity index is 785. The summed E-state index contributed by atoms with van der Waals surface area (Å²) in [7, 11) is 1.39. The number of amides is 2. The molecule has 1 heterocycles. The largest absolute Gasteiger partial charge is 0.496 e. The molecule has 0 unspecified atom stereocenters. The van der Waals surface area contributed by atoms with Gasteiger partial charge in [-0.3, -0.25) is 25.4 Å². The number of hydrazine groups is 1. The van der Waals surface area contributed by atoms with E-state index in [0.717, 1.165) is 0 Å². The fourth-order valence-electron chi connectivity index (χ4n) is 1.70. The number of esters is 1. The lowest BCUT2D eigenvalue weighted by molar-refractivity contribution is -0.125. The van der Waals surface area contributed by atoms with Crippen LogP contribution in [-0.4, -0.2) is 41.5 Å². The van der Waals surface area contributed by atoms with E-state index in [4.69, 9.17) is 21.1 Å². The summed E-state index contributed by atoms with van der Waals surface area (Å²) in [5.74, 6) is -1.92. The summed E-state index contributed by atoms with van der Waals surface area (Å²) < 4.78 is 9.78. The number of methoxy groups -OCH3 is 1. The van der Waals surface area contributed by atoms with Gasteiger partial charge in [0.25, 0.3) is 11.8 Å². The second-order valence-electron chi connectivity index (χ2n) is 4.51. The van der Waals surface area contributed by atoms with Gasteiger partial charge in [-0.1, -0.05) is 11.6 Å². The standard InChI is InChI=1S/C15H13ClN4O5/c1-24-12-3-2-9(16)6-10(12)14(22)20-19-13(21)8-25-15(23)11-7-17-4-5-18-11/h2-7H,8H2,1H3,(H,19,21)(H,20,22). The van der Waals surface area contributed by atoms with Gasteiger partial charge in [-0.25, -0.2) is 9.78 Å². The third-order valence-corrected chi connectivity index (χ3v) is 3.06. The molecule has 2 amide bonds. The number of benzene rings is 1. The Kier molecular flexibility index (Phi) is 6.24. The Morgan fingerprint density at radius 3 is 2.68 bits per heavy atom. The normalized spacial score (nSPS) is 9.84. The monoisotopic (exact) mass is 364 g/mol. The first kappa shape index (κ1) is 18.1. The van der Waals surface area contributed by atoms with E-state index in [1.807, 2.05) is 0 Å². The third kappa shape index (κ3) is 5.15. The lowest BCUT2D eigenvalue weighted by atomic mass is 10.2. The number of aromatic nitrogens is 2. The van der Waals surface area contributed by atoms with Gasteiger partial charge in [0.15, 0.2) is 12.3 Å². The van der Waals surface area contributed by atoms with Crippen LogP contribution in [0.1, 0.15) is 20.8 Å². The van der Waals surface area contributed by atoms with Crippen LogP contribution in [-0.2, 0) is 9.53 Å². The smallest absolute Gasteiger partial charge is 0.359 e. The zero-order valence-electron chi connectivity index (χ0n) is 13.0. The number of carbonyl (C=O) groups is 3. The molecule has 2 aromatic rings. The second kappa shape index (κ2) is 8.60. The molecule has 0 aliphatic heterocycles. The Morgan fingerprint density at radius 1 is 1.20 bits per heavy atom. The van der Waals surface area contributed by atoms with Crippen molar-refractivity contribution in [3.8, 4) is 5.75 Å². The van der Waals surface area contributed by atoms with Crippen LogP contribution in [0.3, 0.4) is 0 Å². The molecule has 0 bridgehead atoms. The van der Waals surface area contributed by atoms with Crippen molar-refractivity contribution in [1.82, 2.24) is 20.8 Å². The zero-order valence-corrected chi connectivity index (χ0v) is 13.7. The van der Waals surface area contributed by atoms with Crippen molar-refractivity contribution >= 4 is 29.4 Å². The quantitative estimate of drug-likeness (QED) is 0.593. The molecule has 130 valence electrons. The topological polar surface area (TPSA) is 120 Å². The summed E-state index contributed by atoms with van der Waals surface area (Å²) in [6, 6.07) is 4.46. The molecule has 2 rings (SSSR count). The Balaban J connectivity index is 1.85. The van der Waals surface area contributed by atoms with Gasteiger partial charge in [0.1, 0.15) is 5.75 Å². The number of hydrogen-bond acceptors (Lipinski definition) is 7. The Hall–Kier alpha value is -3.20. The number of hydrogen-bond donors (Lipinski definition) is 2. The molecule has 2 N–H and O–H groups in total. The maximum Gasteiger partial charge on any atom is 0.359 e. The number of ether oxygens (including phenoxy) is 2. The van der Waals surface area contributed by atoms with E-state index in [0.29, 0.717) is 5.02 Å². The first-order valence-corrected chi connectivity index (χ1v) is 7.25. The molecule has 0 spiro atoms. The van der Waals surface area contributed by atoms with Crippen LogP contribution in [0.25, 0.3) is 0 Å². The molecule has 0 saturated carbocycles. The average molecular weight is 365 g/mol. The minimum Gasteiger partial charge on any atom is -0.496 e. The molecule has 0 atom stereocenters. The molecule has 0 aliphatic carbocycles. The molecule has 1 aromatic carbocycles. The summed E-state index contributed by atoms with van der Waals surface area (Å²) in [6.07, 6.45) is 3.91. The molecule has 9 nitrogen and oxygen atoms in total. The molecule has 10 heteroatoms. The van der Waals surface area contributed by atoms with Gasteiger partial charge in [-0.2, -0.15) is 0 Å². The van der Waals surface area contributed by atoms with Gasteiger partial charge in [0.2, 0.25) is 0 Å². The highest BCUT2D eigenvalue weighted by atomic mass is 35.5. The maximum atomic E-state index is 12.1. The van der Waals surface area contributed by atoms with Crippen molar-refractivity contribution < 1.29 is 23.9 Å². The Morgan fingerprint density at radius 2 is 2.00 bits per heavy atom. The minimum atomic E-state index is -0.814. The van der Waals surface area contributed by atoms with E-state index in [2.05, 4.69) is 20.8 Å². The summed E-state index contributed by atoms with van der Waals surface area (Å²) in [5.41, 5.74) is 4.37. The SMILES string of the molecule is COc1ccc(Cl)cc1C(=O)NNC(=O)COC(=O)c1cnccn1. The Labute approximate surface area is 147 Å². The lowest BCUT2D eigenvalue weighted by Gasteiger charge is -2.10. The van der Waals surface area contributed by atoms with E-state index in [1.165, 1.54) is 37.8 Å². The summed E-state index contributed by atoms with van der Waals surface area (Å²) in [4.78, 5) is 42.7. The number of nitrogens with one attached hydrogen (secondary N) is 2. The molecule has 0 aliphatic rings. The van der Waals surface area contributed by atoms with Gasteiger partial charge in [-0.15, -0.1) is 0 Å². The molecule has 0 saturated heterocycles. The van der Waals surface area contributed by atoms with Gasteiger partial charge in [-0.05, 0) is 18.2 Å². The van der Waals surface area contributed by atoms with Crippen molar-refractivity contribution in [2.45, 2.75) is 0 Å². The van der Waals surface area contributed by atoms with Gasteiger partial charge in [0, 0.05) is 17.4 Å². The maximum absolute atomic E-state index is 12.1. The van der Waals surface area contributed by atoms with Crippen LogP contribution < -0.4 is 15.6 Å². The first-order chi connectivity index (χ1) is 12.0. The van der Waals surface area contributed by atoms with Gasteiger partial charge in [0.05, 0.1) is 18.9 Å². The molecule has 0 radical (unpaired) electrons. The molecular formula is C15H13ClN4O5. The molecule has 1 aromatic heterocycles. The van der Waals surface area contributed by atoms with Crippen molar-refractivity contribution in [2.75, 3.05) is 13.7 Å². The van der Waals surface area contributed by atoms with Crippen molar-refractivity contribution in [2.24, 2.45) is 0 Å². The highest BCUT2D eigenvalue weighted by Crippen LogP contribution is 2.22. The fourth-order valence-corrected chi connectivity index (χ4v) is 1.87. The first-order valence-electron chi connectivity index (χ1n) is 6.87. The summed E-state index contributed by atoms with van der Waals surface area (Å²) in [5, 5.41) is 0.329. The predicted octanol–water partition coefficient (Wildman–Crippen LogP) is 0.757. The van der Waals surface area contributed by atoms with Crippen molar-refractivity contribution in [3.05, 3.63) is 53.1 Å². The average Bonchev–Trinajstić information content (AvgIpc) is 2.64. The van der Waals surface area contributed by atoms with Crippen LogP contribution in [0.4, 0.5) is 0 Å².